The van der Waals surface area contributed by atoms with E-state index in [1.807, 2.05) is 0 Å². The fraction of sp³-hybridized carbons (Fsp3) is 0.500. The van der Waals surface area contributed by atoms with Crippen molar-refractivity contribution in [3.05, 3.63) is 35.9 Å². The van der Waals surface area contributed by atoms with E-state index >= 15 is 0 Å². The molecule has 9 nitrogen and oxygen atoms in total. The van der Waals surface area contributed by atoms with Gasteiger partial charge in [-0.3, -0.25) is 9.59 Å². The number of halogens is 1. The molecule has 0 unspecified atom stereocenters. The smallest absolute Gasteiger partial charge is 0.338 e. The van der Waals surface area contributed by atoms with Crippen LogP contribution in [0.25, 0.3) is 0 Å². The maximum Gasteiger partial charge on any atom is 0.338 e. The number of amides is 1. The molecule has 1 aliphatic rings. The molecule has 1 aromatic carbocycles. The number of nitrogens with one attached hydrogen (secondary N) is 1. The van der Waals surface area contributed by atoms with Crippen molar-refractivity contribution in [3.8, 4) is 0 Å². The lowest BCUT2D eigenvalue weighted by atomic mass is 9.96. The van der Waals surface area contributed by atoms with Gasteiger partial charge in [0.25, 0.3) is 0 Å². The Morgan fingerprint density at radius 1 is 1.18 bits per heavy atom. The maximum atomic E-state index is 12.5. The molecule has 154 valence electrons. The quantitative estimate of drug-likeness (QED) is 0.479. The second kappa shape index (κ2) is 10.4. The summed E-state index contributed by atoms with van der Waals surface area (Å²) in [5, 5.41) is 12.3. The van der Waals surface area contributed by atoms with Gasteiger partial charge in [-0.05, 0) is 12.1 Å². The van der Waals surface area contributed by atoms with Crippen LogP contribution in [-0.2, 0) is 28.5 Å². The van der Waals surface area contributed by atoms with Gasteiger partial charge in [-0.15, -0.1) is 11.6 Å². The Hall–Kier alpha value is -2.20. The van der Waals surface area contributed by atoms with Gasteiger partial charge in [-0.1, -0.05) is 18.2 Å². The molecule has 2 N–H and O–H groups in total. The number of ether oxygens (including phenoxy) is 4. The van der Waals surface area contributed by atoms with E-state index in [1.165, 1.54) is 14.0 Å². The van der Waals surface area contributed by atoms with Crippen LogP contribution in [0.15, 0.2) is 30.3 Å². The molecule has 1 heterocycles. The zero-order valence-corrected chi connectivity index (χ0v) is 16.1. The van der Waals surface area contributed by atoms with Crippen molar-refractivity contribution < 1.29 is 38.4 Å². The van der Waals surface area contributed by atoms with Gasteiger partial charge in [0.2, 0.25) is 5.91 Å². The number of esters is 2. The normalized spacial score (nSPS) is 26.9. The predicted molar refractivity (Wildman–Crippen MR) is 96.6 cm³/mol. The summed E-state index contributed by atoms with van der Waals surface area (Å²) < 4.78 is 21.6. The Bertz CT molecular complexity index is 685. The molecular weight excluding hydrogens is 394 g/mol. The van der Waals surface area contributed by atoms with Crippen LogP contribution in [-0.4, -0.2) is 73.2 Å². The van der Waals surface area contributed by atoms with Crippen molar-refractivity contribution in [2.45, 2.75) is 37.6 Å². The Morgan fingerprint density at radius 2 is 1.86 bits per heavy atom. The van der Waals surface area contributed by atoms with E-state index in [2.05, 4.69) is 5.32 Å². The van der Waals surface area contributed by atoms with Crippen molar-refractivity contribution >= 4 is 29.4 Å². The zero-order chi connectivity index (χ0) is 20.7. The van der Waals surface area contributed by atoms with Gasteiger partial charge in [-0.25, -0.2) is 4.79 Å². The third-order valence-electron chi connectivity index (χ3n) is 4.06. The van der Waals surface area contributed by atoms with E-state index in [0.717, 1.165) is 0 Å². The number of rotatable bonds is 7. The number of carbonyl (C=O) groups excluding carboxylic acids is 3. The summed E-state index contributed by atoms with van der Waals surface area (Å²) in [6.07, 6.45) is -4.52. The molecule has 1 amide bonds. The summed E-state index contributed by atoms with van der Waals surface area (Å²) in [4.78, 5) is 36.0. The fourth-order valence-electron chi connectivity index (χ4n) is 2.87. The summed E-state index contributed by atoms with van der Waals surface area (Å²) in [6, 6.07) is 7.14. The van der Waals surface area contributed by atoms with Crippen molar-refractivity contribution in [2.24, 2.45) is 0 Å². The van der Waals surface area contributed by atoms with Crippen molar-refractivity contribution in [2.75, 3.05) is 19.6 Å². The van der Waals surface area contributed by atoms with Crippen molar-refractivity contribution in [1.82, 2.24) is 5.32 Å². The summed E-state index contributed by atoms with van der Waals surface area (Å²) in [5.74, 6) is -2.41. The highest BCUT2D eigenvalue weighted by molar-refractivity contribution is 6.26. The van der Waals surface area contributed by atoms with Crippen LogP contribution in [0.3, 0.4) is 0 Å². The summed E-state index contributed by atoms with van der Waals surface area (Å²) >= 11 is 5.53. The number of aliphatic hydroxyl groups is 1. The van der Waals surface area contributed by atoms with Gasteiger partial charge in [0, 0.05) is 14.0 Å². The molecule has 0 radical (unpaired) electrons. The molecule has 0 saturated carbocycles. The minimum Gasteiger partial charge on any atom is -0.455 e. The van der Waals surface area contributed by atoms with E-state index in [4.69, 9.17) is 30.5 Å². The van der Waals surface area contributed by atoms with E-state index in [1.54, 1.807) is 30.3 Å². The molecular formula is C18H22ClNO8. The molecule has 0 aliphatic carbocycles. The van der Waals surface area contributed by atoms with E-state index < -0.39 is 61.0 Å². The van der Waals surface area contributed by atoms with Gasteiger partial charge in [0.1, 0.15) is 18.0 Å². The first-order chi connectivity index (χ1) is 13.4. The van der Waals surface area contributed by atoms with Crippen LogP contribution >= 0.6 is 11.6 Å². The summed E-state index contributed by atoms with van der Waals surface area (Å²) in [5.41, 5.74) is 0.256. The number of aliphatic hydroxyl groups excluding tert-OH is 1. The van der Waals surface area contributed by atoms with Crippen LogP contribution < -0.4 is 5.32 Å². The molecule has 1 aliphatic heterocycles. The molecule has 1 aromatic rings. The lowest BCUT2D eigenvalue weighted by Gasteiger charge is -2.44. The van der Waals surface area contributed by atoms with Crippen LogP contribution in [0, 0.1) is 0 Å². The van der Waals surface area contributed by atoms with E-state index in [0.29, 0.717) is 0 Å². The number of alkyl halides is 1. The first-order valence-electron chi connectivity index (χ1n) is 8.49. The number of hydrogen-bond donors (Lipinski definition) is 2. The van der Waals surface area contributed by atoms with Crippen LogP contribution in [0.1, 0.15) is 17.3 Å². The van der Waals surface area contributed by atoms with Gasteiger partial charge in [0.05, 0.1) is 12.2 Å². The number of carbonyl (C=O) groups is 3. The molecule has 0 aromatic heterocycles. The number of hydrogen-bond acceptors (Lipinski definition) is 8. The van der Waals surface area contributed by atoms with E-state index in [-0.39, 0.29) is 5.56 Å². The molecule has 0 bridgehead atoms. The highest BCUT2D eigenvalue weighted by Gasteiger charge is 2.50. The Balaban J connectivity index is 2.35. The average Bonchev–Trinajstić information content (AvgIpc) is 2.70. The lowest BCUT2D eigenvalue weighted by Crippen LogP contribution is -2.66. The Kier molecular flexibility index (Phi) is 8.18. The Morgan fingerprint density at radius 3 is 2.39 bits per heavy atom. The van der Waals surface area contributed by atoms with Gasteiger partial charge in [-0.2, -0.15) is 0 Å². The molecule has 5 atom stereocenters. The molecule has 1 fully saturated rings. The van der Waals surface area contributed by atoms with Crippen molar-refractivity contribution in [1.29, 1.82) is 0 Å². The lowest BCUT2D eigenvalue weighted by molar-refractivity contribution is -0.265. The van der Waals surface area contributed by atoms with Crippen LogP contribution in [0.5, 0.6) is 0 Å². The predicted octanol–water partition coefficient (Wildman–Crippen LogP) is 0.231. The zero-order valence-electron chi connectivity index (χ0n) is 15.4. The third kappa shape index (κ3) is 5.41. The minimum absolute atomic E-state index is 0.256. The van der Waals surface area contributed by atoms with Crippen LogP contribution in [0.4, 0.5) is 0 Å². The molecule has 10 heteroatoms. The van der Waals surface area contributed by atoms with Crippen LogP contribution in [0.2, 0.25) is 0 Å². The SMILES string of the molecule is CO[C@H]1O[C@H](CO)[C@@H](OC(=O)c2ccccc2)[C@H](OC(=O)CCl)[C@H]1NC(C)=O. The van der Waals surface area contributed by atoms with Gasteiger partial charge in [0.15, 0.2) is 18.5 Å². The second-order valence-corrected chi connectivity index (χ2v) is 6.28. The highest BCUT2D eigenvalue weighted by atomic mass is 35.5. The highest BCUT2D eigenvalue weighted by Crippen LogP contribution is 2.27. The monoisotopic (exact) mass is 415 g/mol. The maximum absolute atomic E-state index is 12.5. The molecule has 0 spiro atoms. The number of benzene rings is 1. The average molecular weight is 416 g/mol. The molecule has 28 heavy (non-hydrogen) atoms. The fourth-order valence-corrected chi connectivity index (χ4v) is 2.93. The number of methoxy groups -OCH3 is 1. The summed E-state index contributed by atoms with van der Waals surface area (Å²) in [7, 11) is 1.32. The first kappa shape index (κ1) is 22.1. The standard InChI is InChI=1S/C18H22ClNO8/c1-10(22)20-14-16(27-13(23)8-19)15(12(9-21)26-18(14)25-2)28-17(24)11-6-4-3-5-7-11/h3-7,12,14-16,18,21H,8-9H2,1-2H3,(H,20,22)/t12-,14-,15-,16-,18+/m1/s1. The third-order valence-corrected chi connectivity index (χ3v) is 4.28. The second-order valence-electron chi connectivity index (χ2n) is 6.01. The van der Waals surface area contributed by atoms with Gasteiger partial charge < -0.3 is 29.4 Å². The Labute approximate surface area is 166 Å². The van der Waals surface area contributed by atoms with Gasteiger partial charge >= 0.3 is 11.9 Å². The largest absolute Gasteiger partial charge is 0.455 e. The molecule has 2 rings (SSSR count). The molecule has 1 saturated heterocycles. The van der Waals surface area contributed by atoms with Crippen molar-refractivity contribution in [3.63, 3.8) is 0 Å². The van der Waals surface area contributed by atoms with E-state index in [9.17, 15) is 19.5 Å². The summed E-state index contributed by atoms with van der Waals surface area (Å²) in [6.45, 7) is 0.713. The first-order valence-corrected chi connectivity index (χ1v) is 9.02. The minimum atomic E-state index is -1.21. The topological polar surface area (TPSA) is 120 Å².